The van der Waals surface area contributed by atoms with Gasteiger partial charge in [-0.25, -0.2) is 5.43 Å². The smallest absolute Gasteiger partial charge is 0.387 e. The Labute approximate surface area is 166 Å². The summed E-state index contributed by atoms with van der Waals surface area (Å²) in [5, 5.41) is 3.86. The second-order valence-corrected chi connectivity index (χ2v) is 5.40. The molecule has 0 heterocycles. The van der Waals surface area contributed by atoms with Crippen LogP contribution in [0.1, 0.15) is 15.9 Å². The lowest BCUT2D eigenvalue weighted by molar-refractivity contribution is -0.0526. The van der Waals surface area contributed by atoms with Crippen LogP contribution in [0.3, 0.4) is 0 Å². The van der Waals surface area contributed by atoms with E-state index in [9.17, 15) is 13.6 Å². The van der Waals surface area contributed by atoms with Crippen LogP contribution in [0.15, 0.2) is 35.4 Å². The number of carbonyl (C=O) groups is 1. The summed E-state index contributed by atoms with van der Waals surface area (Å²) in [6, 6.07) is 7.47. The van der Waals surface area contributed by atoms with Gasteiger partial charge in [0.1, 0.15) is 0 Å². The van der Waals surface area contributed by atoms with E-state index in [1.807, 2.05) is 0 Å². The van der Waals surface area contributed by atoms with Crippen molar-refractivity contribution in [2.45, 2.75) is 6.61 Å². The van der Waals surface area contributed by atoms with Crippen LogP contribution in [0.25, 0.3) is 0 Å². The van der Waals surface area contributed by atoms with Gasteiger partial charge < -0.3 is 23.7 Å². The second-order valence-electron chi connectivity index (χ2n) is 5.40. The van der Waals surface area contributed by atoms with Crippen molar-refractivity contribution in [2.24, 2.45) is 5.10 Å². The van der Waals surface area contributed by atoms with Crippen molar-refractivity contribution >= 4 is 12.1 Å². The van der Waals surface area contributed by atoms with Crippen LogP contribution in [0.2, 0.25) is 0 Å². The Kier molecular flexibility index (Phi) is 7.58. The van der Waals surface area contributed by atoms with Crippen LogP contribution >= 0.6 is 0 Å². The summed E-state index contributed by atoms with van der Waals surface area (Å²) in [4.78, 5) is 12.3. The third kappa shape index (κ3) is 5.47. The van der Waals surface area contributed by atoms with Crippen molar-refractivity contribution in [3.05, 3.63) is 41.5 Å². The quantitative estimate of drug-likeness (QED) is 0.505. The lowest BCUT2D eigenvalue weighted by atomic mass is 10.2. The van der Waals surface area contributed by atoms with Crippen molar-refractivity contribution in [3.8, 4) is 28.7 Å². The first-order chi connectivity index (χ1) is 13.9. The van der Waals surface area contributed by atoms with Crippen LogP contribution in [-0.2, 0) is 0 Å². The normalized spacial score (nSPS) is 10.7. The van der Waals surface area contributed by atoms with Crippen molar-refractivity contribution in [1.29, 1.82) is 0 Å². The first kappa shape index (κ1) is 21.7. The first-order valence-electron chi connectivity index (χ1n) is 8.19. The fraction of sp³-hybridized carbons (Fsp3) is 0.263. The summed E-state index contributed by atoms with van der Waals surface area (Å²) in [5.74, 6) is 0.205. The van der Waals surface area contributed by atoms with Crippen molar-refractivity contribution in [2.75, 3.05) is 28.4 Å². The molecule has 0 spiro atoms. The van der Waals surface area contributed by atoms with Gasteiger partial charge in [0.15, 0.2) is 23.0 Å². The average molecular weight is 410 g/mol. The molecule has 0 aliphatic carbocycles. The predicted octanol–water partition coefficient (Wildman–Crippen LogP) is 3.09. The second kappa shape index (κ2) is 10.1. The summed E-state index contributed by atoms with van der Waals surface area (Å²) in [6.45, 7) is -3.04. The van der Waals surface area contributed by atoms with E-state index in [1.54, 1.807) is 12.1 Å². The molecule has 0 bridgehead atoms. The van der Waals surface area contributed by atoms with E-state index in [1.165, 1.54) is 52.9 Å². The number of rotatable bonds is 9. The SMILES string of the molecule is COc1ccc(C(=O)N/N=C\c2cc(OC)c(OC(F)F)c(OC)c2)cc1OC. The molecule has 8 nitrogen and oxygen atoms in total. The zero-order valence-corrected chi connectivity index (χ0v) is 16.2. The maximum atomic E-state index is 12.6. The highest BCUT2D eigenvalue weighted by Crippen LogP contribution is 2.39. The van der Waals surface area contributed by atoms with Gasteiger partial charge in [-0.2, -0.15) is 13.9 Å². The highest BCUT2D eigenvalue weighted by atomic mass is 19.3. The molecule has 1 N–H and O–H groups in total. The monoisotopic (exact) mass is 410 g/mol. The summed E-state index contributed by atoms with van der Waals surface area (Å²) >= 11 is 0. The number of ether oxygens (including phenoxy) is 5. The van der Waals surface area contributed by atoms with Crippen LogP contribution < -0.4 is 29.1 Å². The van der Waals surface area contributed by atoms with Gasteiger partial charge in [-0.3, -0.25) is 4.79 Å². The van der Waals surface area contributed by atoms with Gasteiger partial charge in [-0.15, -0.1) is 0 Å². The Bertz CT molecular complexity index is 864. The molecule has 156 valence electrons. The maximum Gasteiger partial charge on any atom is 0.387 e. The fourth-order valence-electron chi connectivity index (χ4n) is 2.39. The molecular formula is C19H20F2N2O6. The highest BCUT2D eigenvalue weighted by Gasteiger charge is 2.18. The molecule has 2 aromatic rings. The van der Waals surface area contributed by atoms with Crippen LogP contribution in [0.5, 0.6) is 28.7 Å². The minimum Gasteiger partial charge on any atom is -0.493 e. The van der Waals surface area contributed by atoms with Crippen molar-refractivity contribution < 1.29 is 37.3 Å². The van der Waals surface area contributed by atoms with Crippen molar-refractivity contribution in [3.63, 3.8) is 0 Å². The molecule has 1 amide bonds. The molecule has 0 aromatic heterocycles. The zero-order valence-electron chi connectivity index (χ0n) is 16.2. The number of nitrogens with one attached hydrogen (secondary N) is 1. The molecule has 29 heavy (non-hydrogen) atoms. The molecule has 0 aliphatic heterocycles. The number of methoxy groups -OCH3 is 4. The van der Waals surface area contributed by atoms with Gasteiger partial charge in [0.25, 0.3) is 5.91 Å². The molecule has 0 aliphatic rings. The Morgan fingerprint density at radius 3 is 2.03 bits per heavy atom. The summed E-state index contributed by atoms with van der Waals surface area (Å²) in [6.07, 6.45) is 1.30. The summed E-state index contributed by atoms with van der Waals surface area (Å²) < 4.78 is 50.0. The minimum atomic E-state index is -3.04. The first-order valence-corrected chi connectivity index (χ1v) is 8.19. The van der Waals surface area contributed by atoms with Gasteiger partial charge in [0.2, 0.25) is 5.75 Å². The molecule has 0 unspecified atom stereocenters. The Morgan fingerprint density at radius 1 is 0.931 bits per heavy atom. The van der Waals surface area contributed by atoms with Gasteiger partial charge in [-0.05, 0) is 30.3 Å². The third-order valence-electron chi connectivity index (χ3n) is 3.72. The molecule has 0 atom stereocenters. The molecule has 0 fully saturated rings. The van der Waals surface area contributed by atoms with E-state index in [0.29, 0.717) is 22.6 Å². The molecule has 10 heteroatoms. The van der Waals surface area contributed by atoms with Gasteiger partial charge in [-0.1, -0.05) is 0 Å². The van der Waals surface area contributed by atoms with E-state index in [4.69, 9.17) is 18.9 Å². The van der Waals surface area contributed by atoms with Gasteiger partial charge in [0, 0.05) is 11.1 Å². The Balaban J connectivity index is 2.18. The number of alkyl halides is 2. The van der Waals surface area contributed by atoms with Crippen LogP contribution in [0.4, 0.5) is 8.78 Å². The third-order valence-corrected chi connectivity index (χ3v) is 3.72. The Morgan fingerprint density at radius 2 is 1.52 bits per heavy atom. The number of carbonyl (C=O) groups excluding carboxylic acids is 1. The molecular weight excluding hydrogens is 390 g/mol. The lowest BCUT2D eigenvalue weighted by Crippen LogP contribution is -2.17. The zero-order chi connectivity index (χ0) is 21.4. The van der Waals surface area contributed by atoms with E-state index in [-0.39, 0.29) is 17.2 Å². The molecule has 0 radical (unpaired) electrons. The number of halogens is 2. The van der Waals surface area contributed by atoms with Gasteiger partial charge in [0.05, 0.1) is 34.7 Å². The lowest BCUT2D eigenvalue weighted by Gasteiger charge is -2.14. The van der Waals surface area contributed by atoms with E-state index >= 15 is 0 Å². The van der Waals surface area contributed by atoms with E-state index in [2.05, 4.69) is 15.3 Å². The van der Waals surface area contributed by atoms with E-state index < -0.39 is 12.5 Å². The maximum absolute atomic E-state index is 12.6. The number of hydrazone groups is 1. The van der Waals surface area contributed by atoms with Crippen LogP contribution in [-0.4, -0.2) is 47.2 Å². The average Bonchev–Trinajstić information content (AvgIpc) is 2.73. The Hall–Kier alpha value is -3.56. The topological polar surface area (TPSA) is 87.6 Å². The van der Waals surface area contributed by atoms with Gasteiger partial charge >= 0.3 is 6.61 Å². The highest BCUT2D eigenvalue weighted by molar-refractivity contribution is 5.95. The van der Waals surface area contributed by atoms with Crippen LogP contribution in [0, 0.1) is 0 Å². The summed E-state index contributed by atoms with van der Waals surface area (Å²) in [7, 11) is 5.54. The number of hydrogen-bond acceptors (Lipinski definition) is 7. The molecule has 0 saturated carbocycles. The van der Waals surface area contributed by atoms with E-state index in [0.717, 1.165) is 0 Å². The van der Waals surface area contributed by atoms with Crippen molar-refractivity contribution in [1.82, 2.24) is 5.43 Å². The largest absolute Gasteiger partial charge is 0.493 e. The molecule has 0 saturated heterocycles. The number of amides is 1. The number of benzene rings is 2. The molecule has 2 aromatic carbocycles. The fourth-order valence-corrected chi connectivity index (χ4v) is 2.39. The number of nitrogens with zero attached hydrogens (tertiary/aromatic N) is 1. The summed E-state index contributed by atoms with van der Waals surface area (Å²) in [5.41, 5.74) is 3.08. The minimum absolute atomic E-state index is 0.0253. The predicted molar refractivity (Wildman–Crippen MR) is 101 cm³/mol. The standard InChI is InChI=1S/C19H20F2N2O6/c1-25-13-6-5-12(9-14(13)26-2)18(24)23-22-10-11-7-15(27-3)17(29-19(20)21)16(8-11)28-4/h5-10,19H,1-4H3,(H,23,24)/b22-10-. The molecule has 2 rings (SSSR count). The number of hydrogen-bond donors (Lipinski definition) is 1.